The van der Waals surface area contributed by atoms with Crippen molar-refractivity contribution < 1.29 is 14.6 Å². The zero-order valence-electron chi connectivity index (χ0n) is 13.0. The highest BCUT2D eigenvalue weighted by Gasteiger charge is 2.38. The van der Waals surface area contributed by atoms with Crippen LogP contribution in [-0.4, -0.2) is 58.8 Å². The second-order valence-electron chi connectivity index (χ2n) is 6.50. The standard InChI is InChI=1S/C16H23N3O3/c1-10(2)14-8-19-7-11(6-12(19)9-22-14)18-16(21)15-13(20)4-3-5-17-15/h3-5,10-12,14,20H,6-9H2,1-2H3,(H,18,21)/t11-,12+,14+/m1/s1. The zero-order chi connectivity index (χ0) is 15.7. The number of ether oxygens (including phenoxy) is 1. The average molecular weight is 305 g/mol. The van der Waals surface area contributed by atoms with Gasteiger partial charge in [-0.25, -0.2) is 4.98 Å². The first-order chi connectivity index (χ1) is 10.5. The molecule has 6 heteroatoms. The summed E-state index contributed by atoms with van der Waals surface area (Å²) in [5, 5.41) is 12.7. The van der Waals surface area contributed by atoms with Crippen LogP contribution < -0.4 is 5.32 Å². The SMILES string of the molecule is CC(C)[C@@H]1CN2C[C@H](NC(=O)c3ncccc3O)C[C@H]2CO1. The Morgan fingerprint density at radius 3 is 3.05 bits per heavy atom. The van der Waals surface area contributed by atoms with Crippen molar-refractivity contribution >= 4 is 5.91 Å². The van der Waals surface area contributed by atoms with E-state index in [1.54, 1.807) is 6.07 Å². The highest BCUT2D eigenvalue weighted by Crippen LogP contribution is 2.26. The third-order valence-corrected chi connectivity index (χ3v) is 4.53. The summed E-state index contributed by atoms with van der Waals surface area (Å²) in [5.74, 6) is 0.100. The molecule has 2 saturated heterocycles. The zero-order valence-corrected chi connectivity index (χ0v) is 13.0. The molecule has 1 amide bonds. The molecule has 0 bridgehead atoms. The van der Waals surface area contributed by atoms with Crippen molar-refractivity contribution in [1.29, 1.82) is 0 Å². The van der Waals surface area contributed by atoms with Gasteiger partial charge in [0.05, 0.1) is 12.7 Å². The molecule has 2 N–H and O–H groups in total. The van der Waals surface area contributed by atoms with Crippen molar-refractivity contribution in [2.24, 2.45) is 5.92 Å². The highest BCUT2D eigenvalue weighted by molar-refractivity contribution is 5.94. The normalized spacial score (nSPS) is 28.6. The number of rotatable bonds is 3. The summed E-state index contributed by atoms with van der Waals surface area (Å²) in [7, 11) is 0. The van der Waals surface area contributed by atoms with E-state index in [-0.39, 0.29) is 29.5 Å². The fraction of sp³-hybridized carbons (Fsp3) is 0.625. The molecule has 6 nitrogen and oxygen atoms in total. The molecule has 3 rings (SSSR count). The van der Waals surface area contributed by atoms with E-state index in [0.717, 1.165) is 26.1 Å². The molecule has 2 aliphatic heterocycles. The van der Waals surface area contributed by atoms with Gasteiger partial charge in [0.1, 0.15) is 5.75 Å². The summed E-state index contributed by atoms with van der Waals surface area (Å²) in [4.78, 5) is 18.6. The number of pyridine rings is 1. The molecule has 0 unspecified atom stereocenters. The fourth-order valence-electron chi connectivity index (χ4n) is 3.23. The van der Waals surface area contributed by atoms with Gasteiger partial charge in [0.15, 0.2) is 5.69 Å². The Morgan fingerprint density at radius 2 is 2.32 bits per heavy atom. The summed E-state index contributed by atoms with van der Waals surface area (Å²) in [6.07, 6.45) is 2.66. The van der Waals surface area contributed by atoms with Gasteiger partial charge >= 0.3 is 0 Å². The first-order valence-electron chi connectivity index (χ1n) is 7.85. The number of aromatic hydroxyl groups is 1. The summed E-state index contributed by atoms with van der Waals surface area (Å²) >= 11 is 0. The smallest absolute Gasteiger partial charge is 0.273 e. The van der Waals surface area contributed by atoms with Crippen molar-refractivity contribution in [3.8, 4) is 5.75 Å². The van der Waals surface area contributed by atoms with Gasteiger partial charge in [-0.15, -0.1) is 0 Å². The van der Waals surface area contributed by atoms with Crippen LogP contribution in [0.4, 0.5) is 0 Å². The lowest BCUT2D eigenvalue weighted by Crippen LogP contribution is -2.48. The molecule has 22 heavy (non-hydrogen) atoms. The van der Waals surface area contributed by atoms with E-state index in [1.165, 1.54) is 12.3 Å². The molecule has 0 aromatic carbocycles. The third kappa shape index (κ3) is 3.08. The molecule has 120 valence electrons. The van der Waals surface area contributed by atoms with Crippen LogP contribution in [0.5, 0.6) is 5.75 Å². The van der Waals surface area contributed by atoms with Crippen molar-refractivity contribution in [3.05, 3.63) is 24.0 Å². The highest BCUT2D eigenvalue weighted by atomic mass is 16.5. The van der Waals surface area contributed by atoms with E-state index >= 15 is 0 Å². The number of amides is 1. The molecule has 1 aromatic heterocycles. The van der Waals surface area contributed by atoms with Crippen LogP contribution in [0.3, 0.4) is 0 Å². The number of morpholine rings is 1. The lowest BCUT2D eigenvalue weighted by atomic mass is 10.0. The van der Waals surface area contributed by atoms with Crippen molar-refractivity contribution in [3.63, 3.8) is 0 Å². The summed E-state index contributed by atoms with van der Waals surface area (Å²) in [6, 6.07) is 3.53. The molecule has 0 radical (unpaired) electrons. The number of fused-ring (bicyclic) bond motifs is 1. The molecule has 2 fully saturated rings. The van der Waals surface area contributed by atoms with Crippen LogP contribution in [0.2, 0.25) is 0 Å². The number of nitrogens with zero attached hydrogens (tertiary/aromatic N) is 2. The summed E-state index contributed by atoms with van der Waals surface area (Å²) < 4.78 is 5.90. The van der Waals surface area contributed by atoms with Crippen LogP contribution in [0.25, 0.3) is 0 Å². The van der Waals surface area contributed by atoms with Crippen LogP contribution >= 0.6 is 0 Å². The molecule has 3 heterocycles. The molecular formula is C16H23N3O3. The first-order valence-corrected chi connectivity index (χ1v) is 7.85. The Hall–Kier alpha value is -1.66. The average Bonchev–Trinajstić information content (AvgIpc) is 2.88. The number of carbonyl (C=O) groups is 1. The number of hydrogen-bond acceptors (Lipinski definition) is 5. The topological polar surface area (TPSA) is 74.7 Å². The van der Waals surface area contributed by atoms with E-state index < -0.39 is 0 Å². The quantitative estimate of drug-likeness (QED) is 0.872. The van der Waals surface area contributed by atoms with Crippen LogP contribution in [0.1, 0.15) is 30.8 Å². The van der Waals surface area contributed by atoms with Gasteiger partial charge in [0, 0.05) is 31.4 Å². The van der Waals surface area contributed by atoms with Gasteiger partial charge in [-0.05, 0) is 24.5 Å². The molecule has 2 aliphatic rings. The van der Waals surface area contributed by atoms with Crippen LogP contribution in [-0.2, 0) is 4.74 Å². The lowest BCUT2D eigenvalue weighted by molar-refractivity contribution is -0.0683. The summed E-state index contributed by atoms with van der Waals surface area (Å²) in [5.41, 5.74) is 0.0867. The maximum Gasteiger partial charge on any atom is 0.273 e. The Labute approximate surface area is 130 Å². The molecular weight excluding hydrogens is 282 g/mol. The van der Waals surface area contributed by atoms with E-state index in [9.17, 15) is 9.90 Å². The lowest BCUT2D eigenvalue weighted by Gasteiger charge is -2.36. The fourth-order valence-corrected chi connectivity index (χ4v) is 3.23. The first kappa shape index (κ1) is 15.2. The predicted molar refractivity (Wildman–Crippen MR) is 81.7 cm³/mol. The van der Waals surface area contributed by atoms with E-state index in [0.29, 0.717) is 12.0 Å². The third-order valence-electron chi connectivity index (χ3n) is 4.53. The van der Waals surface area contributed by atoms with E-state index in [1.807, 2.05) is 0 Å². The second-order valence-corrected chi connectivity index (χ2v) is 6.50. The minimum atomic E-state index is -0.315. The Balaban J connectivity index is 1.59. The second kappa shape index (κ2) is 6.22. The Kier molecular flexibility index (Phi) is 4.31. The minimum absolute atomic E-state index is 0.0772. The van der Waals surface area contributed by atoms with Crippen molar-refractivity contribution in [2.75, 3.05) is 19.7 Å². The molecule has 3 atom stereocenters. The molecule has 1 aromatic rings. The Morgan fingerprint density at radius 1 is 1.50 bits per heavy atom. The number of carbonyl (C=O) groups excluding carboxylic acids is 1. The van der Waals surface area contributed by atoms with Crippen molar-refractivity contribution in [2.45, 2.75) is 38.5 Å². The number of hydrogen-bond donors (Lipinski definition) is 2. The van der Waals surface area contributed by atoms with Crippen LogP contribution in [0, 0.1) is 5.92 Å². The number of aromatic nitrogens is 1. The van der Waals surface area contributed by atoms with E-state index in [2.05, 4.69) is 29.0 Å². The van der Waals surface area contributed by atoms with Crippen LogP contribution in [0.15, 0.2) is 18.3 Å². The largest absolute Gasteiger partial charge is 0.505 e. The van der Waals surface area contributed by atoms with Gasteiger partial charge in [0.2, 0.25) is 0 Å². The Bertz CT molecular complexity index is 549. The van der Waals surface area contributed by atoms with Gasteiger partial charge in [-0.1, -0.05) is 13.8 Å². The molecule has 0 saturated carbocycles. The maximum atomic E-state index is 12.2. The number of nitrogens with one attached hydrogen (secondary N) is 1. The minimum Gasteiger partial charge on any atom is -0.505 e. The van der Waals surface area contributed by atoms with Gasteiger partial charge in [-0.3, -0.25) is 9.69 Å². The van der Waals surface area contributed by atoms with Crippen molar-refractivity contribution in [1.82, 2.24) is 15.2 Å². The predicted octanol–water partition coefficient (Wildman–Crippen LogP) is 1.01. The maximum absolute atomic E-state index is 12.2. The summed E-state index contributed by atoms with van der Waals surface area (Å²) in [6.45, 7) is 6.82. The van der Waals surface area contributed by atoms with E-state index in [4.69, 9.17) is 4.74 Å². The van der Waals surface area contributed by atoms with Gasteiger partial charge in [-0.2, -0.15) is 0 Å². The monoisotopic (exact) mass is 305 g/mol. The molecule has 0 spiro atoms. The van der Waals surface area contributed by atoms with Gasteiger partial charge in [0.25, 0.3) is 5.91 Å². The molecule has 0 aliphatic carbocycles. The van der Waals surface area contributed by atoms with Gasteiger partial charge < -0.3 is 15.2 Å².